The van der Waals surface area contributed by atoms with Gasteiger partial charge in [-0.15, -0.1) is 0 Å². The topological polar surface area (TPSA) is 88.5 Å². The predicted molar refractivity (Wildman–Crippen MR) is 76.2 cm³/mol. The second kappa shape index (κ2) is 7.17. The average Bonchev–Trinajstić information content (AvgIpc) is 2.41. The van der Waals surface area contributed by atoms with Crippen molar-refractivity contribution in [3.05, 3.63) is 29.6 Å². The molecular formula is C15H20N2O4. The number of nitrogens with zero attached hydrogens (tertiary/aromatic N) is 1. The van der Waals surface area contributed by atoms with Gasteiger partial charge in [-0.2, -0.15) is 0 Å². The van der Waals surface area contributed by atoms with E-state index in [1.807, 2.05) is 6.07 Å². The minimum Gasteiger partial charge on any atom is -0.481 e. The second-order valence-corrected chi connectivity index (χ2v) is 5.27. The van der Waals surface area contributed by atoms with Crippen molar-refractivity contribution in [2.75, 3.05) is 13.7 Å². The van der Waals surface area contributed by atoms with Crippen LogP contribution in [0.3, 0.4) is 0 Å². The van der Waals surface area contributed by atoms with E-state index in [1.165, 1.54) is 26.4 Å². The number of carboxylic acids is 1. The van der Waals surface area contributed by atoms with Crippen LogP contribution in [0, 0.1) is 0 Å². The molecule has 1 aliphatic rings. The molecule has 6 heteroatoms. The second-order valence-electron chi connectivity index (χ2n) is 5.27. The van der Waals surface area contributed by atoms with Crippen LogP contribution in [0.2, 0.25) is 0 Å². The zero-order chi connectivity index (χ0) is 15.2. The summed E-state index contributed by atoms with van der Waals surface area (Å²) in [4.78, 5) is 26.9. The molecule has 114 valence electrons. The lowest BCUT2D eigenvalue weighted by atomic mass is 9.82. The smallest absolute Gasteiger partial charge is 0.306 e. The van der Waals surface area contributed by atoms with Gasteiger partial charge in [0.15, 0.2) is 0 Å². The summed E-state index contributed by atoms with van der Waals surface area (Å²) < 4.78 is 5.01. The fourth-order valence-electron chi connectivity index (χ4n) is 2.23. The lowest BCUT2D eigenvalue weighted by molar-refractivity contribution is -0.139. The summed E-state index contributed by atoms with van der Waals surface area (Å²) in [6.45, 7) is 0.159. The van der Waals surface area contributed by atoms with Crippen molar-refractivity contribution in [2.24, 2.45) is 0 Å². The van der Waals surface area contributed by atoms with E-state index >= 15 is 0 Å². The number of aliphatic carboxylic acids is 1. The van der Waals surface area contributed by atoms with Crippen LogP contribution in [-0.2, 0) is 9.53 Å². The van der Waals surface area contributed by atoms with Gasteiger partial charge in [-0.3, -0.25) is 14.6 Å². The molecule has 2 N–H and O–H groups in total. The van der Waals surface area contributed by atoms with Gasteiger partial charge in [-0.1, -0.05) is 6.42 Å². The molecule has 6 nitrogen and oxygen atoms in total. The fourth-order valence-corrected chi connectivity index (χ4v) is 2.23. The monoisotopic (exact) mass is 292 g/mol. The van der Waals surface area contributed by atoms with Crippen molar-refractivity contribution >= 4 is 11.9 Å². The summed E-state index contributed by atoms with van der Waals surface area (Å²) in [5.74, 6) is -0.687. The van der Waals surface area contributed by atoms with Gasteiger partial charge in [0.1, 0.15) is 0 Å². The minimum atomic E-state index is -0.956. The molecule has 0 aromatic carbocycles. The third kappa shape index (κ3) is 4.26. The molecule has 0 aliphatic heterocycles. The first kappa shape index (κ1) is 15.4. The molecule has 1 aromatic rings. The molecule has 1 unspecified atom stereocenters. The number of carbonyl (C=O) groups excluding carboxylic acids is 1. The van der Waals surface area contributed by atoms with Crippen molar-refractivity contribution in [3.8, 4) is 0 Å². The van der Waals surface area contributed by atoms with Gasteiger partial charge in [-0.05, 0) is 25.0 Å². The quantitative estimate of drug-likeness (QED) is 0.796. The number of methoxy groups -OCH3 is 1. The van der Waals surface area contributed by atoms with Crippen LogP contribution in [0.15, 0.2) is 18.3 Å². The Bertz CT molecular complexity index is 497. The number of hydrogen-bond acceptors (Lipinski definition) is 4. The standard InChI is InChI=1S/C15H20N2O4/c1-21-12(7-14(18)19)9-17-15(20)11-5-6-13(16-8-11)10-3-2-4-10/h5-6,8,10,12H,2-4,7,9H2,1H3,(H,17,20)(H,18,19). The summed E-state index contributed by atoms with van der Waals surface area (Å²) in [7, 11) is 1.43. The van der Waals surface area contributed by atoms with Crippen LogP contribution >= 0.6 is 0 Å². The van der Waals surface area contributed by atoms with Crippen LogP contribution in [-0.4, -0.2) is 41.7 Å². The summed E-state index contributed by atoms with van der Waals surface area (Å²) in [6.07, 6.45) is 4.48. The lowest BCUT2D eigenvalue weighted by Gasteiger charge is -2.24. The molecular weight excluding hydrogens is 272 g/mol. The molecule has 1 aliphatic carbocycles. The normalized spacial score (nSPS) is 16.0. The molecule has 0 saturated heterocycles. The molecule has 0 bridgehead atoms. The SMILES string of the molecule is COC(CNC(=O)c1ccc(C2CCC2)nc1)CC(=O)O. The number of carboxylic acid groups (broad SMARTS) is 1. The highest BCUT2D eigenvalue weighted by Gasteiger charge is 2.21. The number of nitrogens with one attached hydrogen (secondary N) is 1. The van der Waals surface area contributed by atoms with Gasteiger partial charge in [0, 0.05) is 31.5 Å². The van der Waals surface area contributed by atoms with Crippen molar-refractivity contribution in [1.29, 1.82) is 0 Å². The maximum absolute atomic E-state index is 12.0. The summed E-state index contributed by atoms with van der Waals surface area (Å²) >= 11 is 0. The molecule has 21 heavy (non-hydrogen) atoms. The summed E-state index contributed by atoms with van der Waals surface area (Å²) in [6, 6.07) is 3.65. The van der Waals surface area contributed by atoms with Crippen LogP contribution in [0.4, 0.5) is 0 Å². The van der Waals surface area contributed by atoms with E-state index in [1.54, 1.807) is 12.3 Å². The van der Waals surface area contributed by atoms with E-state index in [4.69, 9.17) is 9.84 Å². The lowest BCUT2D eigenvalue weighted by Crippen LogP contribution is -2.34. The van der Waals surface area contributed by atoms with Gasteiger partial charge >= 0.3 is 5.97 Å². The average molecular weight is 292 g/mol. The zero-order valence-electron chi connectivity index (χ0n) is 12.0. The Labute approximate surface area is 123 Å². The summed E-state index contributed by atoms with van der Waals surface area (Å²) in [5.41, 5.74) is 1.52. The number of aromatic nitrogens is 1. The van der Waals surface area contributed by atoms with E-state index < -0.39 is 12.1 Å². The fraction of sp³-hybridized carbons (Fsp3) is 0.533. The third-order valence-electron chi connectivity index (χ3n) is 3.80. The number of hydrogen-bond donors (Lipinski definition) is 2. The molecule has 1 atom stereocenters. The van der Waals surface area contributed by atoms with Gasteiger partial charge in [0.05, 0.1) is 18.1 Å². The zero-order valence-corrected chi connectivity index (χ0v) is 12.0. The Morgan fingerprint density at radius 3 is 2.71 bits per heavy atom. The number of amides is 1. The number of carbonyl (C=O) groups is 2. The van der Waals surface area contributed by atoms with E-state index in [-0.39, 0.29) is 18.9 Å². The Kier molecular flexibility index (Phi) is 5.27. The Morgan fingerprint density at radius 2 is 2.24 bits per heavy atom. The predicted octanol–water partition coefficient (Wildman–Crippen LogP) is 1.57. The highest BCUT2D eigenvalue weighted by atomic mass is 16.5. The molecule has 1 amide bonds. The molecule has 1 aromatic heterocycles. The maximum Gasteiger partial charge on any atom is 0.306 e. The Morgan fingerprint density at radius 1 is 1.48 bits per heavy atom. The molecule has 0 radical (unpaired) electrons. The number of rotatable bonds is 7. The van der Waals surface area contributed by atoms with E-state index in [0.29, 0.717) is 11.5 Å². The molecule has 1 saturated carbocycles. The van der Waals surface area contributed by atoms with Gasteiger partial charge in [-0.25, -0.2) is 0 Å². The Hall–Kier alpha value is -1.95. The van der Waals surface area contributed by atoms with Crippen LogP contribution in [0.1, 0.15) is 47.7 Å². The van der Waals surface area contributed by atoms with E-state index in [0.717, 1.165) is 5.69 Å². The number of ether oxygens (including phenoxy) is 1. The third-order valence-corrected chi connectivity index (χ3v) is 3.80. The molecule has 1 heterocycles. The van der Waals surface area contributed by atoms with Crippen LogP contribution < -0.4 is 5.32 Å². The maximum atomic E-state index is 12.0. The molecule has 0 spiro atoms. The minimum absolute atomic E-state index is 0.143. The van der Waals surface area contributed by atoms with Crippen LogP contribution in [0.5, 0.6) is 0 Å². The van der Waals surface area contributed by atoms with Gasteiger partial charge in [0.25, 0.3) is 5.91 Å². The van der Waals surface area contributed by atoms with E-state index in [9.17, 15) is 9.59 Å². The molecule has 1 fully saturated rings. The Balaban J connectivity index is 1.86. The number of pyridine rings is 1. The van der Waals surface area contributed by atoms with Crippen molar-refractivity contribution in [3.63, 3.8) is 0 Å². The highest BCUT2D eigenvalue weighted by Crippen LogP contribution is 2.34. The van der Waals surface area contributed by atoms with Gasteiger partial charge < -0.3 is 15.2 Å². The largest absolute Gasteiger partial charge is 0.481 e. The molecule has 2 rings (SSSR count). The first-order chi connectivity index (χ1) is 10.1. The first-order valence-electron chi connectivity index (χ1n) is 7.09. The van der Waals surface area contributed by atoms with Crippen molar-refractivity contribution < 1.29 is 19.4 Å². The van der Waals surface area contributed by atoms with E-state index in [2.05, 4.69) is 10.3 Å². The summed E-state index contributed by atoms with van der Waals surface area (Å²) in [5, 5.41) is 11.4. The first-order valence-corrected chi connectivity index (χ1v) is 7.09. The highest BCUT2D eigenvalue weighted by molar-refractivity contribution is 5.93. The van der Waals surface area contributed by atoms with Crippen LogP contribution in [0.25, 0.3) is 0 Å². The van der Waals surface area contributed by atoms with Crippen molar-refractivity contribution in [2.45, 2.75) is 37.7 Å². The van der Waals surface area contributed by atoms with Crippen molar-refractivity contribution in [1.82, 2.24) is 10.3 Å². The van der Waals surface area contributed by atoms with Gasteiger partial charge in [0.2, 0.25) is 0 Å².